The third kappa shape index (κ3) is 3.01. The molecule has 3 aromatic heterocycles. The lowest BCUT2D eigenvalue weighted by Crippen LogP contribution is -2.18. The van der Waals surface area contributed by atoms with Gasteiger partial charge >= 0.3 is 11.0 Å². The van der Waals surface area contributed by atoms with Crippen molar-refractivity contribution in [2.75, 3.05) is 0 Å². The molecule has 27 heavy (non-hydrogen) atoms. The van der Waals surface area contributed by atoms with E-state index in [2.05, 4.69) is 15.0 Å². The molecule has 4 aromatic rings. The van der Waals surface area contributed by atoms with Crippen LogP contribution in [0.5, 0.6) is 0 Å². The van der Waals surface area contributed by atoms with E-state index in [1.807, 2.05) is 20.8 Å². The van der Waals surface area contributed by atoms with Crippen LogP contribution in [0.15, 0.2) is 35.1 Å². The first-order valence-electron chi connectivity index (χ1n) is 8.14. The molecule has 5 nitrogen and oxygen atoms in total. The van der Waals surface area contributed by atoms with Crippen LogP contribution in [0.3, 0.4) is 0 Å². The van der Waals surface area contributed by atoms with E-state index in [4.69, 9.17) is 0 Å². The molecule has 0 bridgehead atoms. The average Bonchev–Trinajstić information content (AvgIpc) is 3.11. The summed E-state index contributed by atoms with van der Waals surface area (Å²) in [5.41, 5.74) is 0.409. The van der Waals surface area contributed by atoms with Gasteiger partial charge in [-0.3, -0.25) is 9.36 Å². The molecule has 0 unspecified atom stereocenters. The Bertz CT molecular complexity index is 1230. The zero-order valence-electron chi connectivity index (χ0n) is 14.7. The largest absolute Gasteiger partial charge is 0.433 e. The molecule has 0 saturated heterocycles. The fourth-order valence-corrected chi connectivity index (χ4v) is 3.71. The minimum absolute atomic E-state index is 0.136. The van der Waals surface area contributed by atoms with Crippen molar-refractivity contribution in [1.82, 2.24) is 19.5 Å². The minimum atomic E-state index is -4.55. The first kappa shape index (κ1) is 17.7. The van der Waals surface area contributed by atoms with Crippen LogP contribution in [0.2, 0.25) is 0 Å². The number of imidazole rings is 1. The molecule has 140 valence electrons. The Kier molecular flexibility index (Phi) is 3.71. The highest BCUT2D eigenvalue weighted by Crippen LogP contribution is 2.33. The third-order valence-corrected chi connectivity index (χ3v) is 4.97. The van der Waals surface area contributed by atoms with Crippen molar-refractivity contribution in [1.29, 1.82) is 0 Å². The highest BCUT2D eigenvalue weighted by atomic mass is 32.1. The monoisotopic (exact) mass is 392 g/mol. The average molecular weight is 392 g/mol. The number of alkyl halides is 3. The first-order chi connectivity index (χ1) is 12.5. The van der Waals surface area contributed by atoms with Crippen LogP contribution in [0.25, 0.3) is 27.1 Å². The van der Waals surface area contributed by atoms with E-state index >= 15 is 0 Å². The summed E-state index contributed by atoms with van der Waals surface area (Å²) in [6.07, 6.45) is -4.55. The summed E-state index contributed by atoms with van der Waals surface area (Å²) >= 11 is 1.04. The van der Waals surface area contributed by atoms with Crippen LogP contribution in [-0.2, 0) is 11.6 Å². The number of nitrogens with one attached hydrogen (secondary N) is 1. The Morgan fingerprint density at radius 3 is 2.48 bits per heavy atom. The molecular formula is C18H15F3N4OS. The van der Waals surface area contributed by atoms with Gasteiger partial charge in [0.1, 0.15) is 17.0 Å². The number of benzene rings is 1. The second kappa shape index (κ2) is 5.66. The highest BCUT2D eigenvalue weighted by Gasteiger charge is 2.34. The number of pyridine rings is 1. The van der Waals surface area contributed by atoms with Gasteiger partial charge in [0.15, 0.2) is 5.65 Å². The molecule has 3 heterocycles. The summed E-state index contributed by atoms with van der Waals surface area (Å²) in [5, 5.41) is 0. The van der Waals surface area contributed by atoms with Gasteiger partial charge in [0.2, 0.25) is 0 Å². The van der Waals surface area contributed by atoms with Gasteiger partial charge in [-0.25, -0.2) is 9.97 Å². The van der Waals surface area contributed by atoms with Crippen molar-refractivity contribution in [3.8, 4) is 5.69 Å². The molecule has 0 atom stereocenters. The molecule has 0 aliphatic rings. The van der Waals surface area contributed by atoms with E-state index in [1.54, 1.807) is 22.8 Å². The van der Waals surface area contributed by atoms with Gasteiger partial charge < -0.3 is 4.98 Å². The van der Waals surface area contributed by atoms with Gasteiger partial charge in [-0.05, 0) is 30.3 Å². The van der Waals surface area contributed by atoms with Crippen LogP contribution in [0.4, 0.5) is 13.2 Å². The van der Waals surface area contributed by atoms with E-state index in [9.17, 15) is 18.0 Å². The molecule has 0 spiro atoms. The topological polar surface area (TPSA) is 63.6 Å². The molecule has 9 heteroatoms. The standard InChI is InChI=1S/C18H15F3N4OS/c1-17(2,3)15-22-11-6-7-13(18(19,20)21)24-14(11)25(15)9-4-5-10-12(8-9)27-16(26)23-10/h4-8H,1-3H3,(H,23,26). The molecule has 1 aromatic carbocycles. The lowest BCUT2D eigenvalue weighted by atomic mass is 9.95. The Balaban J connectivity index is 2.06. The summed E-state index contributed by atoms with van der Waals surface area (Å²) in [7, 11) is 0. The number of H-pyrrole nitrogens is 1. The molecule has 0 radical (unpaired) electrons. The summed E-state index contributed by atoms with van der Waals surface area (Å²) < 4.78 is 41.9. The maximum absolute atomic E-state index is 13.2. The zero-order valence-corrected chi connectivity index (χ0v) is 15.5. The van der Waals surface area contributed by atoms with Gasteiger partial charge in [-0.15, -0.1) is 0 Å². The number of aromatic amines is 1. The van der Waals surface area contributed by atoms with Crippen LogP contribution >= 0.6 is 11.3 Å². The van der Waals surface area contributed by atoms with E-state index < -0.39 is 17.3 Å². The normalized spacial score (nSPS) is 13.0. The predicted molar refractivity (Wildman–Crippen MR) is 98.6 cm³/mol. The third-order valence-electron chi connectivity index (χ3n) is 4.13. The van der Waals surface area contributed by atoms with Crippen LogP contribution in [-0.4, -0.2) is 19.5 Å². The lowest BCUT2D eigenvalue weighted by molar-refractivity contribution is -0.141. The SMILES string of the molecule is CC(C)(C)c1nc2ccc(C(F)(F)F)nc2n1-c1ccc2[nH]c(=O)sc2c1. The predicted octanol–water partition coefficient (Wildman–Crippen LogP) is 4.64. The molecule has 4 rings (SSSR count). The molecular weight excluding hydrogens is 377 g/mol. The summed E-state index contributed by atoms with van der Waals surface area (Å²) in [4.78, 5) is 22.5. The first-order valence-corrected chi connectivity index (χ1v) is 8.96. The van der Waals surface area contributed by atoms with Crippen molar-refractivity contribution < 1.29 is 13.2 Å². The van der Waals surface area contributed by atoms with Crippen molar-refractivity contribution in [2.24, 2.45) is 0 Å². The maximum atomic E-state index is 13.2. The number of hydrogen-bond donors (Lipinski definition) is 1. The van der Waals surface area contributed by atoms with Gasteiger partial charge in [0, 0.05) is 5.41 Å². The fourth-order valence-electron chi connectivity index (χ4n) is 2.94. The quantitative estimate of drug-likeness (QED) is 0.513. The summed E-state index contributed by atoms with van der Waals surface area (Å²) in [5.74, 6) is 0.589. The van der Waals surface area contributed by atoms with Crippen molar-refractivity contribution in [3.63, 3.8) is 0 Å². The Labute approximate surface area is 155 Å². The van der Waals surface area contributed by atoms with Gasteiger partial charge in [0.05, 0.1) is 15.9 Å². The van der Waals surface area contributed by atoms with Crippen LogP contribution in [0, 0.1) is 0 Å². The van der Waals surface area contributed by atoms with E-state index in [0.717, 1.165) is 17.4 Å². The smallest absolute Gasteiger partial charge is 0.312 e. The number of aromatic nitrogens is 4. The van der Waals surface area contributed by atoms with Crippen LogP contribution in [0.1, 0.15) is 32.3 Å². The summed E-state index contributed by atoms with van der Waals surface area (Å²) in [6, 6.07) is 7.51. The number of halogens is 3. The Hall–Kier alpha value is -2.68. The molecule has 1 N–H and O–H groups in total. The lowest BCUT2D eigenvalue weighted by Gasteiger charge is -2.20. The maximum Gasteiger partial charge on any atom is 0.433 e. The van der Waals surface area contributed by atoms with Gasteiger partial charge in [0.25, 0.3) is 0 Å². The number of fused-ring (bicyclic) bond motifs is 2. The molecule has 0 aliphatic carbocycles. The molecule has 0 aliphatic heterocycles. The molecule has 0 amide bonds. The number of rotatable bonds is 1. The number of hydrogen-bond acceptors (Lipinski definition) is 4. The van der Waals surface area contributed by atoms with Gasteiger partial charge in [-0.1, -0.05) is 32.1 Å². The fraction of sp³-hybridized carbons (Fsp3) is 0.278. The number of nitrogens with zero attached hydrogens (tertiary/aromatic N) is 3. The molecule has 0 fully saturated rings. The summed E-state index contributed by atoms with van der Waals surface area (Å²) in [6.45, 7) is 5.80. The van der Waals surface area contributed by atoms with E-state index in [1.165, 1.54) is 6.07 Å². The molecule has 0 saturated carbocycles. The second-order valence-electron chi connectivity index (χ2n) is 7.25. The van der Waals surface area contributed by atoms with Crippen molar-refractivity contribution in [2.45, 2.75) is 32.4 Å². The van der Waals surface area contributed by atoms with Gasteiger partial charge in [-0.2, -0.15) is 13.2 Å². The van der Waals surface area contributed by atoms with Crippen molar-refractivity contribution >= 4 is 32.7 Å². The van der Waals surface area contributed by atoms with E-state index in [-0.39, 0.29) is 10.5 Å². The minimum Gasteiger partial charge on any atom is -0.312 e. The Morgan fingerprint density at radius 2 is 1.81 bits per heavy atom. The van der Waals surface area contributed by atoms with E-state index in [0.29, 0.717) is 27.2 Å². The second-order valence-corrected chi connectivity index (χ2v) is 8.27. The van der Waals surface area contributed by atoms with Crippen LogP contribution < -0.4 is 4.87 Å². The highest BCUT2D eigenvalue weighted by molar-refractivity contribution is 7.16. The zero-order chi connectivity index (χ0) is 19.6. The number of thiazole rings is 1. The Morgan fingerprint density at radius 1 is 1.07 bits per heavy atom. The van der Waals surface area contributed by atoms with Crippen molar-refractivity contribution in [3.05, 3.63) is 51.5 Å².